The van der Waals surface area contributed by atoms with Crippen molar-refractivity contribution in [2.24, 2.45) is 5.16 Å². The number of carbonyl (C=O) groups excluding carboxylic acids is 3. The number of alkyl halides is 1. The molecule has 15 heteroatoms. The first kappa shape index (κ1) is 22.5. The zero-order valence-corrected chi connectivity index (χ0v) is 18.4. The van der Waals surface area contributed by atoms with E-state index >= 15 is 0 Å². The number of aromatic nitrogens is 2. The van der Waals surface area contributed by atoms with Gasteiger partial charge in [0.2, 0.25) is 11.5 Å². The molecule has 1 fully saturated rings. The number of carbonyl (C=O) groups is 4. The fourth-order valence-corrected chi connectivity index (χ4v) is 5.79. The minimum absolute atomic E-state index is 0.0955. The molecule has 3 heterocycles. The van der Waals surface area contributed by atoms with Crippen LogP contribution in [0.25, 0.3) is 0 Å². The van der Waals surface area contributed by atoms with Gasteiger partial charge >= 0.3 is 5.97 Å². The third-order valence-corrected chi connectivity index (χ3v) is 7.55. The van der Waals surface area contributed by atoms with E-state index in [1.807, 2.05) is 0 Å². The lowest BCUT2D eigenvalue weighted by Crippen LogP contribution is -2.71. The van der Waals surface area contributed by atoms with Crippen molar-refractivity contribution in [3.63, 3.8) is 0 Å². The number of nitrogens with zero attached hydrogens (tertiary/aromatic N) is 4. The molecule has 0 radical (unpaired) electrons. The van der Waals surface area contributed by atoms with E-state index in [0.717, 1.165) is 16.2 Å². The van der Waals surface area contributed by atoms with Crippen molar-refractivity contribution in [3.8, 4) is 0 Å². The zero-order valence-electron chi connectivity index (χ0n) is 15.2. The van der Waals surface area contributed by atoms with Crippen molar-refractivity contribution in [3.05, 3.63) is 17.5 Å². The van der Waals surface area contributed by atoms with Crippen LogP contribution in [0.5, 0.6) is 0 Å². The van der Waals surface area contributed by atoms with E-state index < -0.39 is 46.6 Å². The van der Waals surface area contributed by atoms with E-state index in [1.165, 1.54) is 35.1 Å². The maximum atomic E-state index is 12.6. The third-order valence-electron chi connectivity index (χ3n) is 4.05. The largest absolute Gasteiger partial charge is 0.477 e. The van der Waals surface area contributed by atoms with Crippen molar-refractivity contribution in [1.82, 2.24) is 19.8 Å². The summed E-state index contributed by atoms with van der Waals surface area (Å²) in [6.45, 7) is 0. The summed E-state index contributed by atoms with van der Waals surface area (Å²) >= 11 is 9.35. The Bertz CT molecular complexity index is 937. The van der Waals surface area contributed by atoms with Crippen LogP contribution in [-0.2, 0) is 24.0 Å². The number of nitrogens with one attached hydrogen (secondary N) is 1. The molecule has 3 rings (SSSR count). The fourth-order valence-electron chi connectivity index (χ4n) is 2.76. The van der Waals surface area contributed by atoms with Crippen LogP contribution in [0.15, 0.2) is 26.8 Å². The van der Waals surface area contributed by atoms with Crippen molar-refractivity contribution in [1.29, 1.82) is 0 Å². The Labute approximate surface area is 187 Å². The van der Waals surface area contributed by atoms with Crippen LogP contribution in [0.3, 0.4) is 0 Å². The number of thioether (sulfide) groups is 2. The van der Waals surface area contributed by atoms with Crippen molar-refractivity contribution < 1.29 is 29.1 Å². The number of hydrogen-bond acceptors (Lipinski definition) is 11. The lowest BCUT2D eigenvalue weighted by atomic mass is 10.0. The van der Waals surface area contributed by atoms with Gasteiger partial charge in [0.25, 0.3) is 11.8 Å². The molecular formula is C15H14ClN5O6S3. The molecule has 1 aromatic heterocycles. The molecule has 11 nitrogen and oxygen atoms in total. The topological polar surface area (TPSA) is 151 Å². The van der Waals surface area contributed by atoms with Crippen molar-refractivity contribution in [2.75, 3.05) is 24.5 Å². The summed E-state index contributed by atoms with van der Waals surface area (Å²) in [4.78, 5) is 54.2. The molecule has 2 atom stereocenters. The van der Waals surface area contributed by atoms with Gasteiger partial charge in [0.05, 0.1) is 12.1 Å². The second-order valence-corrected chi connectivity index (χ2v) is 9.26. The molecule has 0 aromatic carbocycles. The number of fused-ring (bicyclic) bond motifs is 1. The van der Waals surface area contributed by atoms with Crippen molar-refractivity contribution in [2.45, 2.75) is 15.6 Å². The molecular weight excluding hydrogens is 478 g/mol. The van der Waals surface area contributed by atoms with Gasteiger partial charge in [0.15, 0.2) is 0 Å². The van der Waals surface area contributed by atoms with E-state index in [2.05, 4.69) is 24.9 Å². The summed E-state index contributed by atoms with van der Waals surface area (Å²) in [6, 6.07) is -0.998. The molecule has 0 bridgehead atoms. The van der Waals surface area contributed by atoms with Crippen LogP contribution < -0.4 is 5.32 Å². The predicted molar refractivity (Wildman–Crippen MR) is 110 cm³/mol. The Morgan fingerprint density at radius 1 is 1.50 bits per heavy atom. The SMILES string of the molecule is CON=C(C(=O)CCl)C(=O)N[C@@H]1C(=O)N2C(C(=O)O)=C(CSc3cnns3)CS[C@@H]12. The molecule has 1 aromatic rings. The number of halogens is 1. The maximum absolute atomic E-state index is 12.6. The molecule has 2 N–H and O–H groups in total. The van der Waals surface area contributed by atoms with E-state index in [-0.39, 0.29) is 5.70 Å². The summed E-state index contributed by atoms with van der Waals surface area (Å²) in [7, 11) is 1.16. The average molecular weight is 492 g/mol. The highest BCUT2D eigenvalue weighted by Crippen LogP contribution is 2.41. The average Bonchev–Trinajstić information content (AvgIpc) is 3.26. The number of carboxylic acid groups (broad SMARTS) is 1. The molecule has 2 aliphatic rings. The van der Waals surface area contributed by atoms with Gasteiger partial charge in [-0.3, -0.25) is 19.3 Å². The van der Waals surface area contributed by atoms with Gasteiger partial charge in [-0.1, -0.05) is 9.64 Å². The highest BCUT2D eigenvalue weighted by atomic mass is 35.5. The van der Waals surface area contributed by atoms with Crippen LogP contribution in [0.2, 0.25) is 0 Å². The summed E-state index contributed by atoms with van der Waals surface area (Å²) in [5.41, 5.74) is -0.0788. The van der Waals surface area contributed by atoms with Gasteiger partial charge in [0, 0.05) is 11.5 Å². The normalized spacial score (nSPS) is 21.1. The summed E-state index contributed by atoms with van der Waals surface area (Å²) in [5, 5.41) is 18.6. The Kier molecular flexibility index (Phi) is 7.33. The van der Waals surface area contributed by atoms with Crippen molar-refractivity contribution >= 4 is 75.9 Å². The molecule has 0 aliphatic carbocycles. The minimum atomic E-state index is -1.23. The van der Waals surface area contributed by atoms with Gasteiger partial charge in [-0.2, -0.15) is 0 Å². The Hall–Kier alpha value is -2.16. The predicted octanol–water partition coefficient (Wildman–Crippen LogP) is 0.179. The second kappa shape index (κ2) is 9.76. The molecule has 1 saturated heterocycles. The smallest absolute Gasteiger partial charge is 0.352 e. The zero-order chi connectivity index (χ0) is 21.8. The second-order valence-electron chi connectivity index (χ2n) is 5.82. The molecule has 2 amide bonds. The number of ketones is 1. The van der Waals surface area contributed by atoms with Gasteiger partial charge in [-0.25, -0.2) is 4.79 Å². The number of oxime groups is 1. The number of rotatable bonds is 9. The van der Waals surface area contributed by atoms with Gasteiger partial charge in [-0.15, -0.1) is 40.2 Å². The molecule has 0 unspecified atom stereocenters. The molecule has 30 heavy (non-hydrogen) atoms. The molecule has 0 saturated carbocycles. The first-order valence-electron chi connectivity index (χ1n) is 8.20. The summed E-state index contributed by atoms with van der Waals surface area (Å²) in [5.74, 6) is -3.26. The quantitative estimate of drug-likeness (QED) is 0.122. The number of β-lactam (4-membered cyclic amide) rings is 1. The maximum Gasteiger partial charge on any atom is 0.352 e. The number of carboxylic acids is 1. The Morgan fingerprint density at radius 3 is 2.87 bits per heavy atom. The Balaban J connectivity index is 1.74. The molecule has 160 valence electrons. The van der Waals surface area contributed by atoms with E-state index in [4.69, 9.17) is 11.6 Å². The number of aliphatic carboxylic acids is 1. The van der Waals surface area contributed by atoms with Crippen LogP contribution in [0.1, 0.15) is 0 Å². The van der Waals surface area contributed by atoms with E-state index in [1.54, 1.807) is 6.20 Å². The van der Waals surface area contributed by atoms with E-state index in [9.17, 15) is 24.3 Å². The highest BCUT2D eigenvalue weighted by Gasteiger charge is 2.54. The monoisotopic (exact) mass is 491 g/mol. The molecule has 2 aliphatic heterocycles. The lowest BCUT2D eigenvalue weighted by Gasteiger charge is -2.49. The highest BCUT2D eigenvalue weighted by molar-refractivity contribution is 8.01. The van der Waals surface area contributed by atoms with Crippen LogP contribution in [-0.4, -0.2) is 84.8 Å². The minimum Gasteiger partial charge on any atom is -0.477 e. The molecule has 0 spiro atoms. The number of amides is 2. The number of Topliss-reactive ketones (excluding diaryl/α,β-unsaturated/α-hetero) is 1. The van der Waals surface area contributed by atoms with Gasteiger partial charge in [0.1, 0.15) is 28.4 Å². The van der Waals surface area contributed by atoms with Gasteiger partial charge in [-0.05, 0) is 17.1 Å². The fraction of sp³-hybridized carbons (Fsp3) is 0.400. The van der Waals surface area contributed by atoms with Crippen LogP contribution in [0.4, 0.5) is 0 Å². The van der Waals surface area contributed by atoms with Crippen LogP contribution >= 0.6 is 46.7 Å². The summed E-state index contributed by atoms with van der Waals surface area (Å²) < 4.78 is 4.58. The first-order valence-corrected chi connectivity index (χ1v) is 11.5. The van der Waals surface area contributed by atoms with Crippen LogP contribution in [0, 0.1) is 0 Å². The van der Waals surface area contributed by atoms with Gasteiger partial charge < -0.3 is 15.3 Å². The number of hydrogen-bond donors (Lipinski definition) is 2. The lowest BCUT2D eigenvalue weighted by molar-refractivity contribution is -0.150. The standard InChI is InChI=1S/C15H14ClN5O6S3/c1-27-19-9(7(22)2-16)12(23)18-10-13(24)21-11(15(25)26)6(5-29-14(10)21)4-28-8-3-17-20-30-8/h3,10,14H,2,4-5H2,1H3,(H,18,23)(H,25,26)/t10-,14+/m1/s1. The first-order chi connectivity index (χ1) is 14.4. The third kappa shape index (κ3) is 4.45. The van der Waals surface area contributed by atoms with E-state index in [0.29, 0.717) is 17.1 Å². The summed E-state index contributed by atoms with van der Waals surface area (Å²) in [6.07, 6.45) is 1.58. The Morgan fingerprint density at radius 2 is 2.27 bits per heavy atom.